The fraction of sp³-hybridized carbons (Fsp3) is 0.111. The molecule has 23 heavy (non-hydrogen) atoms. The van der Waals surface area contributed by atoms with Crippen molar-refractivity contribution in [2.75, 3.05) is 7.05 Å². The third kappa shape index (κ3) is 3.07. The summed E-state index contributed by atoms with van der Waals surface area (Å²) in [4.78, 5) is 15.6. The normalized spacial score (nSPS) is 17.7. The smallest absolute Gasteiger partial charge is 0.272 e. The first-order valence-corrected chi connectivity index (χ1v) is 7.25. The van der Waals surface area contributed by atoms with Gasteiger partial charge < -0.3 is 4.98 Å². The summed E-state index contributed by atoms with van der Waals surface area (Å²) in [6, 6.07) is 10.8. The summed E-state index contributed by atoms with van der Waals surface area (Å²) in [5.41, 5.74) is 2.06. The van der Waals surface area contributed by atoms with Crippen LogP contribution in [0.2, 0.25) is 0 Å². The van der Waals surface area contributed by atoms with E-state index in [-0.39, 0.29) is 11.9 Å². The number of aromatic nitrogens is 1. The zero-order valence-electron chi connectivity index (χ0n) is 12.7. The highest BCUT2D eigenvalue weighted by Gasteiger charge is 2.26. The van der Waals surface area contributed by atoms with Gasteiger partial charge in [-0.3, -0.25) is 4.79 Å². The van der Waals surface area contributed by atoms with Gasteiger partial charge in [0.2, 0.25) is 0 Å². The van der Waals surface area contributed by atoms with Gasteiger partial charge in [0.05, 0.1) is 17.7 Å². The number of carbonyl (C=O) groups excluding carboxylic acids is 1. The number of nitriles is 1. The highest BCUT2D eigenvalue weighted by Crippen LogP contribution is 2.19. The molecule has 0 radical (unpaired) electrons. The maximum atomic E-state index is 12.6. The first kappa shape index (κ1) is 14.8. The van der Waals surface area contributed by atoms with Crippen LogP contribution in [-0.2, 0) is 0 Å². The van der Waals surface area contributed by atoms with Gasteiger partial charge in [-0.25, -0.2) is 10.0 Å². The van der Waals surface area contributed by atoms with Gasteiger partial charge >= 0.3 is 0 Å². The van der Waals surface area contributed by atoms with Crippen LogP contribution in [0.25, 0.3) is 6.08 Å². The predicted octanol–water partition coefficient (Wildman–Crippen LogP) is 2.78. The number of amides is 1. The lowest BCUT2D eigenvalue weighted by Crippen LogP contribution is -2.40. The van der Waals surface area contributed by atoms with Crippen LogP contribution in [0.1, 0.15) is 21.5 Å². The average molecular weight is 304 g/mol. The highest BCUT2D eigenvalue weighted by molar-refractivity contribution is 5.95. The zero-order chi connectivity index (χ0) is 16.2. The van der Waals surface area contributed by atoms with Crippen molar-refractivity contribution >= 4 is 12.0 Å². The van der Waals surface area contributed by atoms with Gasteiger partial charge in [0, 0.05) is 31.2 Å². The van der Waals surface area contributed by atoms with Crippen molar-refractivity contribution in [2.45, 2.75) is 6.04 Å². The lowest BCUT2D eigenvalue weighted by molar-refractivity contribution is 0.0372. The summed E-state index contributed by atoms with van der Waals surface area (Å²) in [5.74, 6) is -0.154. The summed E-state index contributed by atoms with van der Waals surface area (Å²) < 4.78 is 0. The number of hydrogen-bond donors (Lipinski definition) is 1. The molecule has 0 aliphatic carbocycles. The third-order valence-corrected chi connectivity index (χ3v) is 3.75. The molecule has 1 aromatic heterocycles. The number of benzene rings is 1. The molecule has 0 bridgehead atoms. The monoisotopic (exact) mass is 304 g/mol. The van der Waals surface area contributed by atoms with Crippen molar-refractivity contribution in [3.05, 3.63) is 77.8 Å². The molecule has 2 heterocycles. The SMILES string of the molecule is CN1C(/C=C/c2cc[nH]c2)C=CN1C(=O)c1cccc(C#N)c1. The van der Waals surface area contributed by atoms with Crippen LogP contribution < -0.4 is 0 Å². The Morgan fingerprint density at radius 2 is 2.26 bits per heavy atom. The van der Waals surface area contributed by atoms with Crippen molar-refractivity contribution in [3.63, 3.8) is 0 Å². The molecule has 1 amide bonds. The Bertz CT molecular complexity index is 799. The molecule has 114 valence electrons. The second-order valence-corrected chi connectivity index (χ2v) is 5.25. The number of carbonyl (C=O) groups is 1. The van der Waals surface area contributed by atoms with Crippen LogP contribution in [0.15, 0.2) is 61.1 Å². The third-order valence-electron chi connectivity index (χ3n) is 3.75. The molecule has 1 aliphatic rings. The number of rotatable bonds is 3. The molecule has 1 unspecified atom stereocenters. The van der Waals surface area contributed by atoms with Gasteiger partial charge in [0.15, 0.2) is 0 Å². The number of nitrogens with zero attached hydrogens (tertiary/aromatic N) is 3. The minimum absolute atomic E-state index is 0.00741. The van der Waals surface area contributed by atoms with E-state index < -0.39 is 0 Å². The van der Waals surface area contributed by atoms with Crippen molar-refractivity contribution in [3.8, 4) is 6.07 Å². The lowest BCUT2D eigenvalue weighted by Gasteiger charge is -2.27. The Morgan fingerprint density at radius 1 is 1.39 bits per heavy atom. The summed E-state index contributed by atoms with van der Waals surface area (Å²) in [6.45, 7) is 0. The Labute approximate surface area is 134 Å². The molecule has 1 aliphatic heterocycles. The number of likely N-dealkylation sites (N-methyl/N-ethyl adjacent to an activating group) is 1. The fourth-order valence-corrected chi connectivity index (χ4v) is 2.45. The van der Waals surface area contributed by atoms with Crippen molar-refractivity contribution in [1.29, 1.82) is 5.26 Å². The Morgan fingerprint density at radius 3 is 3.00 bits per heavy atom. The predicted molar refractivity (Wildman–Crippen MR) is 87.8 cm³/mol. The summed E-state index contributed by atoms with van der Waals surface area (Å²) in [5, 5.41) is 12.4. The van der Waals surface area contributed by atoms with Gasteiger partial charge in [-0.15, -0.1) is 0 Å². The topological polar surface area (TPSA) is 63.1 Å². The van der Waals surface area contributed by atoms with Gasteiger partial charge in [-0.2, -0.15) is 5.26 Å². The van der Waals surface area contributed by atoms with E-state index >= 15 is 0 Å². The van der Waals surface area contributed by atoms with Crippen LogP contribution in [0.5, 0.6) is 0 Å². The molecule has 0 saturated heterocycles. The maximum Gasteiger partial charge on any atom is 0.272 e. The van der Waals surface area contributed by atoms with Crippen LogP contribution in [0.3, 0.4) is 0 Å². The molecule has 0 spiro atoms. The van der Waals surface area contributed by atoms with Gasteiger partial charge in [-0.05, 0) is 35.9 Å². The van der Waals surface area contributed by atoms with Crippen molar-refractivity contribution in [1.82, 2.24) is 15.0 Å². The highest BCUT2D eigenvalue weighted by atomic mass is 16.2. The number of H-pyrrole nitrogens is 1. The number of aromatic amines is 1. The Hall–Kier alpha value is -3.10. The minimum Gasteiger partial charge on any atom is -0.367 e. The van der Waals surface area contributed by atoms with Crippen LogP contribution in [0, 0.1) is 11.3 Å². The second-order valence-electron chi connectivity index (χ2n) is 5.25. The van der Waals surface area contributed by atoms with E-state index in [9.17, 15) is 4.79 Å². The zero-order valence-corrected chi connectivity index (χ0v) is 12.7. The van der Waals surface area contributed by atoms with E-state index in [0.29, 0.717) is 11.1 Å². The molecule has 5 heteroatoms. The summed E-state index contributed by atoms with van der Waals surface area (Å²) >= 11 is 0. The van der Waals surface area contributed by atoms with Crippen molar-refractivity contribution < 1.29 is 4.79 Å². The molecule has 0 saturated carbocycles. The summed E-state index contributed by atoms with van der Waals surface area (Å²) in [6.07, 6.45) is 11.5. The molecule has 1 aromatic carbocycles. The standard InChI is InChI=1S/C18H16N4O/c1-21-17(6-5-14-7-9-20-13-14)8-10-22(21)18(23)16-4-2-3-15(11-16)12-19/h2-11,13,17,20H,1H3/b6-5+. The molecule has 0 fully saturated rings. The number of nitrogens with one attached hydrogen (secondary N) is 1. The quantitative estimate of drug-likeness (QED) is 0.948. The molecule has 1 N–H and O–H groups in total. The Balaban J connectivity index is 1.74. The van der Waals surface area contributed by atoms with E-state index in [1.165, 1.54) is 0 Å². The van der Waals surface area contributed by atoms with Crippen LogP contribution in [-0.4, -0.2) is 34.0 Å². The molecule has 2 aromatic rings. The number of hydrogen-bond acceptors (Lipinski definition) is 3. The van der Waals surface area contributed by atoms with E-state index in [1.54, 1.807) is 35.5 Å². The average Bonchev–Trinajstić information content (AvgIpc) is 3.22. The van der Waals surface area contributed by atoms with E-state index in [2.05, 4.69) is 11.1 Å². The van der Waals surface area contributed by atoms with Crippen LogP contribution in [0.4, 0.5) is 0 Å². The molecule has 5 nitrogen and oxygen atoms in total. The number of hydrazine groups is 1. The minimum atomic E-state index is -0.154. The van der Waals surface area contributed by atoms with E-state index in [4.69, 9.17) is 5.26 Å². The first-order chi connectivity index (χ1) is 11.2. The molecule has 3 rings (SSSR count). The van der Waals surface area contributed by atoms with Crippen LogP contribution >= 0.6 is 0 Å². The maximum absolute atomic E-state index is 12.6. The molecule has 1 atom stereocenters. The van der Waals surface area contributed by atoms with Crippen molar-refractivity contribution in [2.24, 2.45) is 0 Å². The van der Waals surface area contributed by atoms with E-state index in [1.807, 2.05) is 48.7 Å². The van der Waals surface area contributed by atoms with Gasteiger partial charge in [-0.1, -0.05) is 18.2 Å². The summed E-state index contributed by atoms with van der Waals surface area (Å²) in [7, 11) is 1.86. The van der Waals surface area contributed by atoms with Gasteiger partial charge in [0.1, 0.15) is 0 Å². The molecular weight excluding hydrogens is 288 g/mol. The first-order valence-electron chi connectivity index (χ1n) is 7.25. The largest absolute Gasteiger partial charge is 0.367 e. The fourth-order valence-electron chi connectivity index (χ4n) is 2.45. The Kier molecular flexibility index (Phi) is 4.09. The lowest BCUT2D eigenvalue weighted by atomic mass is 10.1. The second kappa shape index (κ2) is 6.34. The van der Waals surface area contributed by atoms with E-state index in [0.717, 1.165) is 5.56 Å². The molecular formula is C18H16N4O. The van der Waals surface area contributed by atoms with Gasteiger partial charge in [0.25, 0.3) is 5.91 Å².